The van der Waals surface area contributed by atoms with E-state index in [0.29, 0.717) is 29.3 Å². The number of aryl methyl sites for hydroxylation is 1. The van der Waals surface area contributed by atoms with Crippen LogP contribution in [0.4, 0.5) is 0 Å². The number of methoxy groups -OCH3 is 1. The maximum absolute atomic E-state index is 12.6. The number of nitrogens with zero attached hydrogens (tertiary/aromatic N) is 1. The molecule has 1 saturated heterocycles. The Hall–Kier alpha value is -1.11. The molecule has 1 aromatic rings. The van der Waals surface area contributed by atoms with Crippen LogP contribution in [0.5, 0.6) is 5.75 Å². The molecule has 2 rings (SSSR count). The number of piperidine rings is 1. The minimum atomic E-state index is -3.45. The van der Waals surface area contributed by atoms with Gasteiger partial charge in [-0.15, -0.1) is 0 Å². The lowest BCUT2D eigenvalue weighted by Gasteiger charge is -2.30. The van der Waals surface area contributed by atoms with Gasteiger partial charge in [0.2, 0.25) is 10.0 Å². The minimum absolute atomic E-state index is 0.0675. The van der Waals surface area contributed by atoms with Gasteiger partial charge in [-0.25, -0.2) is 8.42 Å². The van der Waals surface area contributed by atoms with Gasteiger partial charge in [-0.1, -0.05) is 0 Å². The third-order valence-corrected chi connectivity index (χ3v) is 5.45. The Morgan fingerprint density at radius 2 is 2.16 bits per heavy atom. The fourth-order valence-corrected chi connectivity index (χ4v) is 4.11. The SMILES string of the molecule is COc1ccc(S(=O)(=O)N2CCCC(N)C2)c(C)c1. The molecule has 1 fully saturated rings. The fraction of sp³-hybridized carbons (Fsp3) is 0.538. The molecule has 1 unspecified atom stereocenters. The van der Waals surface area contributed by atoms with E-state index in [0.717, 1.165) is 12.8 Å². The molecular weight excluding hydrogens is 264 g/mol. The minimum Gasteiger partial charge on any atom is -0.497 e. The molecule has 1 aromatic carbocycles. The number of benzene rings is 1. The molecule has 0 radical (unpaired) electrons. The van der Waals surface area contributed by atoms with Crippen LogP contribution in [-0.2, 0) is 10.0 Å². The highest BCUT2D eigenvalue weighted by atomic mass is 32.2. The number of hydrogen-bond acceptors (Lipinski definition) is 4. The summed E-state index contributed by atoms with van der Waals surface area (Å²) >= 11 is 0. The highest BCUT2D eigenvalue weighted by Gasteiger charge is 2.29. The largest absolute Gasteiger partial charge is 0.497 e. The average molecular weight is 284 g/mol. The first-order valence-electron chi connectivity index (χ1n) is 6.35. The smallest absolute Gasteiger partial charge is 0.243 e. The molecule has 6 heteroatoms. The monoisotopic (exact) mass is 284 g/mol. The van der Waals surface area contributed by atoms with Gasteiger partial charge in [0.05, 0.1) is 12.0 Å². The first-order chi connectivity index (χ1) is 8.95. The molecule has 0 aliphatic carbocycles. The van der Waals surface area contributed by atoms with Gasteiger partial charge in [0.1, 0.15) is 5.75 Å². The van der Waals surface area contributed by atoms with E-state index in [9.17, 15) is 8.42 Å². The Labute approximate surface area is 114 Å². The van der Waals surface area contributed by atoms with Gasteiger partial charge in [-0.05, 0) is 43.5 Å². The molecule has 2 N–H and O–H groups in total. The number of hydrogen-bond donors (Lipinski definition) is 1. The van der Waals surface area contributed by atoms with Gasteiger partial charge in [0.25, 0.3) is 0 Å². The molecule has 1 atom stereocenters. The number of sulfonamides is 1. The van der Waals surface area contributed by atoms with Crippen molar-refractivity contribution in [1.29, 1.82) is 0 Å². The molecule has 0 saturated carbocycles. The van der Waals surface area contributed by atoms with E-state index < -0.39 is 10.0 Å². The second-order valence-corrected chi connectivity index (χ2v) is 6.80. The van der Waals surface area contributed by atoms with Gasteiger partial charge in [-0.3, -0.25) is 0 Å². The van der Waals surface area contributed by atoms with Crippen molar-refractivity contribution in [2.45, 2.75) is 30.7 Å². The highest BCUT2D eigenvalue weighted by molar-refractivity contribution is 7.89. The lowest BCUT2D eigenvalue weighted by molar-refractivity contribution is 0.316. The third kappa shape index (κ3) is 2.91. The maximum Gasteiger partial charge on any atom is 0.243 e. The Balaban J connectivity index is 2.33. The second-order valence-electron chi connectivity index (χ2n) is 4.90. The summed E-state index contributed by atoms with van der Waals surface area (Å²) in [5.74, 6) is 0.659. The number of rotatable bonds is 3. The van der Waals surface area contributed by atoms with Gasteiger partial charge >= 0.3 is 0 Å². The van der Waals surface area contributed by atoms with E-state index in [1.54, 1.807) is 32.2 Å². The van der Waals surface area contributed by atoms with Gasteiger partial charge in [0, 0.05) is 19.1 Å². The number of ether oxygens (including phenoxy) is 1. The van der Waals surface area contributed by atoms with Crippen molar-refractivity contribution in [2.24, 2.45) is 5.73 Å². The van der Waals surface area contributed by atoms with Crippen molar-refractivity contribution in [3.8, 4) is 5.75 Å². The maximum atomic E-state index is 12.6. The highest BCUT2D eigenvalue weighted by Crippen LogP contribution is 2.25. The molecule has 0 bridgehead atoms. The first-order valence-corrected chi connectivity index (χ1v) is 7.79. The molecule has 5 nitrogen and oxygen atoms in total. The Morgan fingerprint density at radius 1 is 1.42 bits per heavy atom. The van der Waals surface area contributed by atoms with Crippen molar-refractivity contribution < 1.29 is 13.2 Å². The second kappa shape index (κ2) is 5.48. The van der Waals surface area contributed by atoms with Crippen LogP contribution in [0, 0.1) is 6.92 Å². The lowest BCUT2D eigenvalue weighted by Crippen LogP contribution is -2.45. The summed E-state index contributed by atoms with van der Waals surface area (Å²) in [7, 11) is -1.89. The van der Waals surface area contributed by atoms with Crippen LogP contribution in [-0.4, -0.2) is 39.0 Å². The van der Waals surface area contributed by atoms with Crippen LogP contribution in [0.3, 0.4) is 0 Å². The van der Waals surface area contributed by atoms with Gasteiger partial charge in [-0.2, -0.15) is 4.31 Å². The molecule has 0 aromatic heterocycles. The summed E-state index contributed by atoms with van der Waals surface area (Å²) in [6.45, 7) is 2.72. The summed E-state index contributed by atoms with van der Waals surface area (Å²) in [5.41, 5.74) is 6.55. The van der Waals surface area contributed by atoms with Crippen molar-refractivity contribution in [1.82, 2.24) is 4.31 Å². The normalized spacial score (nSPS) is 21.3. The molecule has 19 heavy (non-hydrogen) atoms. The summed E-state index contributed by atoms with van der Waals surface area (Å²) in [4.78, 5) is 0.336. The zero-order valence-corrected chi connectivity index (χ0v) is 12.1. The molecular formula is C13H20N2O3S. The topological polar surface area (TPSA) is 72.6 Å². The predicted molar refractivity (Wildman–Crippen MR) is 73.7 cm³/mol. The Morgan fingerprint density at radius 3 is 2.74 bits per heavy atom. The average Bonchev–Trinajstić information content (AvgIpc) is 2.38. The van der Waals surface area contributed by atoms with Crippen LogP contribution in [0.15, 0.2) is 23.1 Å². The quantitative estimate of drug-likeness (QED) is 0.902. The Bertz CT molecular complexity index is 557. The number of nitrogens with two attached hydrogens (primary N) is 1. The van der Waals surface area contributed by atoms with E-state index in [4.69, 9.17) is 10.5 Å². The third-order valence-electron chi connectivity index (χ3n) is 3.42. The van der Waals surface area contributed by atoms with Crippen LogP contribution < -0.4 is 10.5 Å². The fourth-order valence-electron chi connectivity index (χ4n) is 2.37. The van der Waals surface area contributed by atoms with E-state index in [1.807, 2.05) is 0 Å². The standard InChI is InChI=1S/C13H20N2O3S/c1-10-8-12(18-2)5-6-13(10)19(16,17)15-7-3-4-11(14)9-15/h5-6,8,11H,3-4,7,9,14H2,1-2H3. The van der Waals surface area contributed by atoms with Gasteiger partial charge < -0.3 is 10.5 Å². The van der Waals surface area contributed by atoms with Crippen LogP contribution in [0.25, 0.3) is 0 Å². The van der Waals surface area contributed by atoms with Crippen LogP contribution in [0.1, 0.15) is 18.4 Å². The zero-order valence-electron chi connectivity index (χ0n) is 11.3. The van der Waals surface area contributed by atoms with Crippen LogP contribution in [0.2, 0.25) is 0 Å². The first kappa shape index (κ1) is 14.3. The summed E-state index contributed by atoms with van der Waals surface area (Å²) in [5, 5.41) is 0. The molecule has 106 valence electrons. The molecule has 0 amide bonds. The molecule has 1 aliphatic rings. The molecule has 1 heterocycles. The van der Waals surface area contributed by atoms with Crippen molar-refractivity contribution in [3.05, 3.63) is 23.8 Å². The summed E-state index contributed by atoms with van der Waals surface area (Å²) in [6.07, 6.45) is 1.70. The van der Waals surface area contributed by atoms with E-state index in [2.05, 4.69) is 0 Å². The zero-order chi connectivity index (χ0) is 14.0. The molecule has 0 spiro atoms. The van der Waals surface area contributed by atoms with E-state index >= 15 is 0 Å². The molecule has 1 aliphatic heterocycles. The summed E-state index contributed by atoms with van der Waals surface area (Å²) < 4.78 is 31.7. The predicted octanol–water partition coefficient (Wildman–Crippen LogP) is 1.12. The summed E-state index contributed by atoms with van der Waals surface area (Å²) in [6, 6.07) is 4.94. The van der Waals surface area contributed by atoms with Crippen molar-refractivity contribution in [2.75, 3.05) is 20.2 Å². The van der Waals surface area contributed by atoms with E-state index in [-0.39, 0.29) is 6.04 Å². The van der Waals surface area contributed by atoms with Crippen LogP contribution >= 0.6 is 0 Å². The lowest BCUT2D eigenvalue weighted by atomic mass is 10.1. The van der Waals surface area contributed by atoms with Crippen molar-refractivity contribution in [3.63, 3.8) is 0 Å². The van der Waals surface area contributed by atoms with E-state index in [1.165, 1.54) is 4.31 Å². The van der Waals surface area contributed by atoms with Gasteiger partial charge in [0.15, 0.2) is 0 Å². The Kier molecular flexibility index (Phi) is 4.13. The van der Waals surface area contributed by atoms with Crippen molar-refractivity contribution >= 4 is 10.0 Å².